The zero-order chi connectivity index (χ0) is 11.6. The molecule has 2 N–H and O–H groups in total. The molecule has 1 heterocycles. The van der Waals surface area contributed by atoms with E-state index in [1.165, 1.54) is 4.90 Å². The van der Waals surface area contributed by atoms with Crippen LogP contribution >= 0.6 is 0 Å². The number of aliphatic hydroxyl groups is 1. The lowest BCUT2D eigenvalue weighted by Crippen LogP contribution is -2.60. The van der Waals surface area contributed by atoms with Gasteiger partial charge in [-0.05, 0) is 12.8 Å². The summed E-state index contributed by atoms with van der Waals surface area (Å²) in [5.74, 6) is -0.197. The lowest BCUT2D eigenvalue weighted by molar-refractivity contribution is -0.146. The second-order valence-electron chi connectivity index (χ2n) is 4.36. The number of aliphatic hydroxyl groups excluding tert-OH is 1. The smallest absolute Gasteiger partial charge is 0.245 e. The van der Waals surface area contributed by atoms with Gasteiger partial charge in [-0.2, -0.15) is 0 Å². The summed E-state index contributed by atoms with van der Waals surface area (Å²) < 4.78 is 0. The normalized spacial score (nSPS) is 24.3. The zero-order valence-electron chi connectivity index (χ0n) is 9.36. The highest BCUT2D eigenvalue weighted by molar-refractivity contribution is 5.94. The fourth-order valence-electron chi connectivity index (χ4n) is 1.65. The molecular formula is C10H18N2O3. The van der Waals surface area contributed by atoms with Crippen LogP contribution in [0.4, 0.5) is 0 Å². The molecule has 0 aromatic carbocycles. The van der Waals surface area contributed by atoms with Gasteiger partial charge in [-0.25, -0.2) is 0 Å². The Morgan fingerprint density at radius 1 is 1.47 bits per heavy atom. The molecule has 1 aliphatic rings. The summed E-state index contributed by atoms with van der Waals surface area (Å²) in [6.07, 6.45) is -0.604. The Hall–Kier alpha value is -1.10. The maximum atomic E-state index is 11.8. The van der Waals surface area contributed by atoms with Crippen molar-refractivity contribution in [3.63, 3.8) is 0 Å². The third-order valence-corrected chi connectivity index (χ3v) is 2.38. The number of rotatable bonds is 3. The van der Waals surface area contributed by atoms with E-state index >= 15 is 0 Å². The Labute approximate surface area is 89.4 Å². The maximum Gasteiger partial charge on any atom is 0.245 e. The van der Waals surface area contributed by atoms with Crippen molar-refractivity contribution >= 4 is 11.8 Å². The Balaban J connectivity index is 2.72. The van der Waals surface area contributed by atoms with Gasteiger partial charge in [-0.3, -0.25) is 9.59 Å². The van der Waals surface area contributed by atoms with Crippen LogP contribution < -0.4 is 5.32 Å². The first-order valence-electron chi connectivity index (χ1n) is 5.18. The van der Waals surface area contributed by atoms with Crippen LogP contribution in [-0.4, -0.2) is 47.1 Å². The van der Waals surface area contributed by atoms with E-state index in [1.54, 1.807) is 6.92 Å². The topological polar surface area (TPSA) is 69.6 Å². The molecule has 2 amide bonds. The molecule has 1 saturated heterocycles. The van der Waals surface area contributed by atoms with Gasteiger partial charge < -0.3 is 15.3 Å². The van der Waals surface area contributed by atoms with Gasteiger partial charge in [0.15, 0.2) is 0 Å². The van der Waals surface area contributed by atoms with Crippen LogP contribution in [0.5, 0.6) is 0 Å². The summed E-state index contributed by atoms with van der Waals surface area (Å²) in [4.78, 5) is 24.6. The number of amides is 2. The van der Waals surface area contributed by atoms with E-state index in [-0.39, 0.29) is 30.8 Å². The molecule has 15 heavy (non-hydrogen) atoms. The molecule has 5 heteroatoms. The van der Waals surface area contributed by atoms with Crippen molar-refractivity contribution in [2.45, 2.75) is 32.9 Å². The van der Waals surface area contributed by atoms with Gasteiger partial charge in [0.25, 0.3) is 0 Å². The van der Waals surface area contributed by atoms with Crippen LogP contribution in [0.1, 0.15) is 20.8 Å². The van der Waals surface area contributed by atoms with E-state index < -0.39 is 12.1 Å². The summed E-state index contributed by atoms with van der Waals surface area (Å²) in [6.45, 7) is 5.63. The number of carbonyl (C=O) groups is 2. The fourth-order valence-corrected chi connectivity index (χ4v) is 1.65. The van der Waals surface area contributed by atoms with E-state index in [0.29, 0.717) is 0 Å². The average Bonchev–Trinajstić information content (AvgIpc) is 2.09. The van der Waals surface area contributed by atoms with Gasteiger partial charge in [0, 0.05) is 6.54 Å². The molecule has 0 aliphatic carbocycles. The fraction of sp³-hybridized carbons (Fsp3) is 0.800. The standard InChI is InChI=1S/C10H18N2O3/c1-6(2)9-10(15)12(4-7(3)13)5-8(14)11-9/h6-7,9,13H,4-5H2,1-3H3,(H,11,14). The minimum absolute atomic E-state index is 0.0486. The first kappa shape index (κ1) is 12.0. The number of hydrogen-bond donors (Lipinski definition) is 2. The quantitative estimate of drug-likeness (QED) is 0.656. The van der Waals surface area contributed by atoms with Crippen molar-refractivity contribution in [1.29, 1.82) is 0 Å². The van der Waals surface area contributed by atoms with Crippen LogP contribution in [0.2, 0.25) is 0 Å². The molecule has 0 spiro atoms. The predicted octanol–water partition coefficient (Wildman–Crippen LogP) is -0.650. The van der Waals surface area contributed by atoms with Crippen molar-refractivity contribution in [3.8, 4) is 0 Å². The van der Waals surface area contributed by atoms with Crippen molar-refractivity contribution in [1.82, 2.24) is 10.2 Å². The van der Waals surface area contributed by atoms with E-state index in [9.17, 15) is 14.7 Å². The van der Waals surface area contributed by atoms with Gasteiger partial charge in [0.1, 0.15) is 6.04 Å². The Bertz CT molecular complexity index is 263. The average molecular weight is 214 g/mol. The molecule has 0 radical (unpaired) electrons. The minimum Gasteiger partial charge on any atom is -0.392 e. The molecule has 2 unspecified atom stereocenters. The molecule has 0 bridgehead atoms. The van der Waals surface area contributed by atoms with Gasteiger partial charge in [0.05, 0.1) is 12.6 Å². The number of carbonyl (C=O) groups excluding carboxylic acids is 2. The number of nitrogens with zero attached hydrogens (tertiary/aromatic N) is 1. The number of nitrogens with one attached hydrogen (secondary N) is 1. The van der Waals surface area contributed by atoms with Gasteiger partial charge >= 0.3 is 0 Å². The molecule has 1 fully saturated rings. The van der Waals surface area contributed by atoms with Gasteiger partial charge in [0.2, 0.25) is 11.8 Å². The van der Waals surface area contributed by atoms with Crippen LogP contribution in [0.25, 0.3) is 0 Å². The highest BCUT2D eigenvalue weighted by atomic mass is 16.3. The van der Waals surface area contributed by atoms with Crippen LogP contribution in [-0.2, 0) is 9.59 Å². The molecule has 2 atom stereocenters. The highest BCUT2D eigenvalue weighted by Crippen LogP contribution is 2.10. The third-order valence-electron chi connectivity index (χ3n) is 2.38. The molecule has 5 nitrogen and oxygen atoms in total. The van der Waals surface area contributed by atoms with E-state index in [1.807, 2.05) is 13.8 Å². The molecule has 86 valence electrons. The number of piperazine rings is 1. The summed E-state index contributed by atoms with van der Waals surface area (Å²) in [5.41, 5.74) is 0. The lowest BCUT2D eigenvalue weighted by atomic mass is 10.0. The van der Waals surface area contributed by atoms with Crippen LogP contribution in [0.3, 0.4) is 0 Å². The molecule has 0 aromatic rings. The van der Waals surface area contributed by atoms with E-state index in [0.717, 1.165) is 0 Å². The second-order valence-corrected chi connectivity index (χ2v) is 4.36. The Kier molecular flexibility index (Phi) is 3.68. The largest absolute Gasteiger partial charge is 0.392 e. The monoisotopic (exact) mass is 214 g/mol. The summed E-state index contributed by atoms with van der Waals surface area (Å²) in [5, 5.41) is 11.9. The number of hydrogen-bond acceptors (Lipinski definition) is 3. The molecule has 0 saturated carbocycles. The molecule has 1 aliphatic heterocycles. The van der Waals surface area contributed by atoms with Crippen LogP contribution in [0, 0.1) is 5.92 Å². The van der Waals surface area contributed by atoms with E-state index in [4.69, 9.17) is 0 Å². The second kappa shape index (κ2) is 4.61. The molecule has 0 aromatic heterocycles. The molecule has 1 rings (SSSR count). The lowest BCUT2D eigenvalue weighted by Gasteiger charge is -2.34. The van der Waals surface area contributed by atoms with Gasteiger partial charge in [-0.15, -0.1) is 0 Å². The Morgan fingerprint density at radius 2 is 2.07 bits per heavy atom. The van der Waals surface area contributed by atoms with Gasteiger partial charge in [-0.1, -0.05) is 13.8 Å². The first-order chi connectivity index (χ1) is 6.91. The maximum absolute atomic E-state index is 11.8. The van der Waals surface area contributed by atoms with Crippen LogP contribution in [0.15, 0.2) is 0 Å². The van der Waals surface area contributed by atoms with Crippen molar-refractivity contribution in [3.05, 3.63) is 0 Å². The highest BCUT2D eigenvalue weighted by Gasteiger charge is 2.34. The molecular weight excluding hydrogens is 196 g/mol. The van der Waals surface area contributed by atoms with Crippen molar-refractivity contribution in [2.24, 2.45) is 5.92 Å². The van der Waals surface area contributed by atoms with Crippen molar-refractivity contribution in [2.75, 3.05) is 13.1 Å². The Morgan fingerprint density at radius 3 is 2.53 bits per heavy atom. The SMILES string of the molecule is CC(O)CN1CC(=O)NC(C(C)C)C1=O. The summed E-state index contributed by atoms with van der Waals surface area (Å²) >= 11 is 0. The minimum atomic E-state index is -0.604. The zero-order valence-corrected chi connectivity index (χ0v) is 9.36. The summed E-state index contributed by atoms with van der Waals surface area (Å²) in [6, 6.07) is -0.454. The predicted molar refractivity (Wildman–Crippen MR) is 55.0 cm³/mol. The first-order valence-corrected chi connectivity index (χ1v) is 5.18. The third kappa shape index (κ3) is 2.92. The van der Waals surface area contributed by atoms with E-state index in [2.05, 4.69) is 5.32 Å². The summed E-state index contributed by atoms with van der Waals surface area (Å²) in [7, 11) is 0. The number of β-amino-alcohol motifs (C(OH)–C–C–N with tert-alkyl or cyclic N) is 1. The van der Waals surface area contributed by atoms with Crippen molar-refractivity contribution < 1.29 is 14.7 Å².